The van der Waals surface area contributed by atoms with Gasteiger partial charge in [0.05, 0.1) is 13.7 Å². The molecule has 0 fully saturated rings. The molecule has 0 aliphatic heterocycles. The Kier molecular flexibility index (Phi) is 7.51. The lowest BCUT2D eigenvalue weighted by Gasteiger charge is -2.24. The van der Waals surface area contributed by atoms with Gasteiger partial charge in [0.1, 0.15) is 5.75 Å². The summed E-state index contributed by atoms with van der Waals surface area (Å²) in [4.78, 5) is 11.7. The highest BCUT2D eigenvalue weighted by Crippen LogP contribution is 2.26. The van der Waals surface area contributed by atoms with Gasteiger partial charge in [-0.25, -0.2) is 9.00 Å². The second kappa shape index (κ2) is 8.88. The minimum atomic E-state index is -1.58. The number of unbranched alkanes of at least 4 members (excludes halogenated alkanes) is 1. The first-order valence-corrected chi connectivity index (χ1v) is 8.57. The number of nitrogens with one attached hydrogen (secondary N) is 1. The van der Waals surface area contributed by atoms with Crippen molar-refractivity contribution < 1.29 is 22.7 Å². The van der Waals surface area contributed by atoms with Crippen LogP contribution in [-0.4, -0.2) is 29.5 Å². The predicted octanol–water partition coefficient (Wildman–Crippen LogP) is 3.13. The average Bonchev–Trinajstić information content (AvgIpc) is 2.49. The maximum atomic E-state index is 11.7. The molecule has 0 amide bonds. The molecule has 0 heterocycles. The van der Waals surface area contributed by atoms with Gasteiger partial charge in [-0.05, 0) is 51.0 Å². The van der Waals surface area contributed by atoms with Crippen molar-refractivity contribution in [2.75, 3.05) is 18.4 Å². The Balaban J connectivity index is 2.71. The van der Waals surface area contributed by atoms with Crippen LogP contribution >= 0.6 is 0 Å². The molecule has 1 aromatic rings. The summed E-state index contributed by atoms with van der Waals surface area (Å²) < 4.78 is 30.1. The summed E-state index contributed by atoms with van der Waals surface area (Å²) in [5.74, 6) is 0.105. The lowest BCUT2D eigenvalue weighted by molar-refractivity contribution is -0.156. The number of methoxy groups -OCH3 is 1. The van der Waals surface area contributed by atoms with Crippen molar-refractivity contribution >= 4 is 22.9 Å². The van der Waals surface area contributed by atoms with Gasteiger partial charge in [0.15, 0.2) is 5.60 Å². The van der Waals surface area contributed by atoms with Gasteiger partial charge in [-0.2, -0.15) is 0 Å². The first-order valence-electron chi connectivity index (χ1n) is 7.50. The highest BCUT2D eigenvalue weighted by Gasteiger charge is 2.31. The number of aryl methyl sites for hydroxylation is 1. The number of esters is 1. The maximum absolute atomic E-state index is 11.7. The Morgan fingerprint density at radius 2 is 2.04 bits per heavy atom. The minimum absolute atomic E-state index is 0.448. The van der Waals surface area contributed by atoms with Gasteiger partial charge in [0.25, 0.3) is 11.3 Å². The standard InChI is InChI=1S/C16H25NO5S/c1-6-7-10-21-23(19)17-13-8-9-14(12(2)11-13)22-16(3,4)15(18)20-5/h8-9,11,17H,6-7,10H2,1-5H3. The fourth-order valence-electron chi connectivity index (χ4n) is 1.79. The number of hydrogen-bond acceptors (Lipinski definition) is 5. The van der Waals surface area contributed by atoms with E-state index in [1.165, 1.54) is 7.11 Å². The number of ether oxygens (including phenoxy) is 2. The second-order valence-corrected chi connectivity index (χ2v) is 6.51. The van der Waals surface area contributed by atoms with E-state index in [0.29, 0.717) is 18.0 Å². The van der Waals surface area contributed by atoms with Gasteiger partial charge >= 0.3 is 5.97 Å². The van der Waals surface area contributed by atoms with E-state index in [-0.39, 0.29) is 0 Å². The number of carbonyl (C=O) groups is 1. The first kappa shape index (κ1) is 19.4. The van der Waals surface area contributed by atoms with Crippen molar-refractivity contribution in [2.45, 2.75) is 46.1 Å². The maximum Gasteiger partial charge on any atom is 0.349 e. The molecular weight excluding hydrogens is 318 g/mol. The lowest BCUT2D eigenvalue weighted by atomic mass is 10.1. The Morgan fingerprint density at radius 3 is 2.61 bits per heavy atom. The van der Waals surface area contributed by atoms with Gasteiger partial charge in [0, 0.05) is 5.69 Å². The van der Waals surface area contributed by atoms with Crippen LogP contribution in [0.1, 0.15) is 39.2 Å². The van der Waals surface area contributed by atoms with Crippen molar-refractivity contribution in [3.05, 3.63) is 23.8 Å². The molecule has 130 valence electrons. The van der Waals surface area contributed by atoms with E-state index >= 15 is 0 Å². The molecule has 0 bridgehead atoms. The summed E-state index contributed by atoms with van der Waals surface area (Å²) in [5, 5.41) is 0. The molecule has 0 aliphatic carbocycles. The third kappa shape index (κ3) is 6.19. The average molecular weight is 343 g/mol. The fraction of sp³-hybridized carbons (Fsp3) is 0.562. The van der Waals surface area contributed by atoms with E-state index in [0.717, 1.165) is 18.4 Å². The van der Waals surface area contributed by atoms with Gasteiger partial charge < -0.3 is 9.47 Å². The lowest BCUT2D eigenvalue weighted by Crippen LogP contribution is -2.39. The number of benzene rings is 1. The zero-order chi connectivity index (χ0) is 17.5. The van der Waals surface area contributed by atoms with Gasteiger partial charge in [-0.15, -0.1) is 0 Å². The van der Waals surface area contributed by atoms with Crippen molar-refractivity contribution in [3.63, 3.8) is 0 Å². The molecule has 1 rings (SSSR count). The third-order valence-corrected chi connectivity index (χ3v) is 3.89. The molecule has 0 radical (unpaired) electrons. The Bertz CT molecular complexity index is 559. The Morgan fingerprint density at radius 1 is 1.35 bits per heavy atom. The highest BCUT2D eigenvalue weighted by molar-refractivity contribution is 7.81. The van der Waals surface area contributed by atoms with Gasteiger partial charge in [-0.3, -0.25) is 8.91 Å². The van der Waals surface area contributed by atoms with Crippen LogP contribution in [0.2, 0.25) is 0 Å². The van der Waals surface area contributed by atoms with Crippen LogP contribution in [0.15, 0.2) is 18.2 Å². The summed E-state index contributed by atoms with van der Waals surface area (Å²) in [6.07, 6.45) is 1.85. The van der Waals surface area contributed by atoms with Crippen LogP contribution in [0.4, 0.5) is 5.69 Å². The minimum Gasteiger partial charge on any atom is -0.476 e. The van der Waals surface area contributed by atoms with Crippen LogP contribution in [0.25, 0.3) is 0 Å². The molecule has 23 heavy (non-hydrogen) atoms. The molecule has 0 saturated carbocycles. The smallest absolute Gasteiger partial charge is 0.349 e. The third-order valence-electron chi connectivity index (χ3n) is 3.11. The molecular formula is C16H25NO5S. The summed E-state index contributed by atoms with van der Waals surface area (Å²) >= 11 is -1.58. The van der Waals surface area contributed by atoms with Crippen LogP contribution in [0, 0.1) is 6.92 Å². The number of hydrogen-bond donors (Lipinski definition) is 1. The SMILES string of the molecule is CCCCOS(=O)Nc1ccc(OC(C)(C)C(=O)OC)c(C)c1. The monoisotopic (exact) mass is 343 g/mol. The van der Waals surface area contributed by atoms with Gasteiger partial charge in [0.2, 0.25) is 0 Å². The van der Waals surface area contributed by atoms with E-state index in [1.54, 1.807) is 32.0 Å². The molecule has 1 N–H and O–H groups in total. The van der Waals surface area contributed by atoms with E-state index < -0.39 is 22.8 Å². The Labute approximate surface area is 140 Å². The molecule has 0 aliphatic rings. The van der Waals surface area contributed by atoms with Crippen LogP contribution in [-0.2, 0) is 25.0 Å². The van der Waals surface area contributed by atoms with Crippen LogP contribution < -0.4 is 9.46 Å². The molecule has 7 heteroatoms. The molecule has 0 aromatic heterocycles. The normalized spacial score (nSPS) is 12.6. The summed E-state index contributed by atoms with van der Waals surface area (Å²) in [6, 6.07) is 5.21. The highest BCUT2D eigenvalue weighted by atomic mass is 32.2. The fourth-order valence-corrected chi connectivity index (χ4v) is 2.44. The summed E-state index contributed by atoms with van der Waals surface area (Å²) in [5.41, 5.74) is 0.374. The zero-order valence-corrected chi connectivity index (χ0v) is 15.1. The van der Waals surface area contributed by atoms with Crippen molar-refractivity contribution in [1.29, 1.82) is 0 Å². The summed E-state index contributed by atoms with van der Waals surface area (Å²) in [7, 11) is 1.32. The summed E-state index contributed by atoms with van der Waals surface area (Å²) in [6.45, 7) is 7.61. The molecule has 1 atom stereocenters. The largest absolute Gasteiger partial charge is 0.476 e. The number of rotatable bonds is 9. The number of anilines is 1. The molecule has 1 aromatic carbocycles. The Hall–Kier alpha value is -1.60. The number of carbonyl (C=O) groups excluding carboxylic acids is 1. The van der Waals surface area contributed by atoms with Crippen molar-refractivity contribution in [1.82, 2.24) is 0 Å². The zero-order valence-electron chi connectivity index (χ0n) is 14.3. The van der Waals surface area contributed by atoms with E-state index in [4.69, 9.17) is 13.7 Å². The topological polar surface area (TPSA) is 73.9 Å². The van der Waals surface area contributed by atoms with Crippen molar-refractivity contribution in [3.8, 4) is 5.75 Å². The first-order chi connectivity index (χ1) is 10.8. The van der Waals surface area contributed by atoms with Crippen LogP contribution in [0.3, 0.4) is 0 Å². The predicted molar refractivity (Wildman–Crippen MR) is 90.5 cm³/mol. The molecule has 6 nitrogen and oxygen atoms in total. The van der Waals surface area contributed by atoms with E-state index in [9.17, 15) is 9.00 Å². The van der Waals surface area contributed by atoms with Crippen molar-refractivity contribution in [2.24, 2.45) is 0 Å². The van der Waals surface area contributed by atoms with Crippen LogP contribution in [0.5, 0.6) is 5.75 Å². The van der Waals surface area contributed by atoms with E-state index in [1.807, 2.05) is 13.8 Å². The molecule has 0 saturated heterocycles. The molecule has 0 spiro atoms. The van der Waals surface area contributed by atoms with E-state index in [2.05, 4.69) is 4.72 Å². The van der Waals surface area contributed by atoms with Gasteiger partial charge in [-0.1, -0.05) is 13.3 Å². The quantitative estimate of drug-likeness (QED) is 0.551. The molecule has 1 unspecified atom stereocenters. The second-order valence-electron chi connectivity index (χ2n) is 5.60.